The Kier molecular flexibility index (Phi) is 5.41. The van der Waals surface area contributed by atoms with Gasteiger partial charge in [0, 0.05) is 0 Å². The summed E-state index contributed by atoms with van der Waals surface area (Å²) in [5, 5.41) is 5.59. The summed E-state index contributed by atoms with van der Waals surface area (Å²) in [5.41, 5.74) is 0. The number of rotatable bonds is 5. The van der Waals surface area contributed by atoms with Gasteiger partial charge in [-0.05, 0) is 12.5 Å². The molecule has 0 bridgehead atoms. The fraction of sp³-hybridized carbons (Fsp3) is 1.00. The molecule has 3 heteroatoms. The van der Waals surface area contributed by atoms with E-state index in [1.165, 1.54) is 0 Å². The average Bonchev–Trinajstić information content (AvgIpc) is 1.89. The van der Waals surface area contributed by atoms with Crippen molar-refractivity contribution in [2.24, 2.45) is 11.1 Å². The molecule has 1 N–H and O–H groups in total. The molecular weight excluding hydrogens is 116 g/mol. The first-order valence-corrected chi connectivity index (χ1v) is 3.31. The smallest absolute Gasteiger partial charge is 0.131 e. The molecule has 0 aliphatic heterocycles. The maximum absolute atomic E-state index is 9.56. The molecule has 0 aromatic heterocycles. The fourth-order valence-electron chi connectivity index (χ4n) is 0.501. The van der Waals surface area contributed by atoms with Crippen molar-refractivity contribution in [3.05, 3.63) is 4.91 Å². The van der Waals surface area contributed by atoms with E-state index in [1.807, 2.05) is 0 Å². The van der Waals surface area contributed by atoms with Crippen LogP contribution in [0.1, 0.15) is 20.3 Å². The van der Waals surface area contributed by atoms with Crippen molar-refractivity contribution in [1.29, 1.82) is 0 Å². The van der Waals surface area contributed by atoms with Gasteiger partial charge in [-0.2, -0.15) is 0 Å². The lowest BCUT2D eigenvalue weighted by atomic mass is 10.1. The summed E-state index contributed by atoms with van der Waals surface area (Å²) in [4.78, 5) is 9.56. The van der Waals surface area contributed by atoms with Crippen molar-refractivity contribution in [3.8, 4) is 0 Å². The fourth-order valence-corrected chi connectivity index (χ4v) is 0.501. The van der Waals surface area contributed by atoms with Gasteiger partial charge in [0.2, 0.25) is 0 Å². The minimum absolute atomic E-state index is 0.240. The van der Waals surface area contributed by atoms with Crippen molar-refractivity contribution in [3.63, 3.8) is 0 Å². The van der Waals surface area contributed by atoms with Crippen LogP contribution in [0.3, 0.4) is 0 Å². The van der Waals surface area contributed by atoms with Gasteiger partial charge in [-0.3, -0.25) is 5.32 Å². The molecule has 0 heterocycles. The summed E-state index contributed by atoms with van der Waals surface area (Å²) < 4.78 is 0. The Balaban J connectivity index is 2.96. The van der Waals surface area contributed by atoms with Gasteiger partial charge in [-0.15, -0.1) is 4.91 Å². The number of nitroso groups, excluding NO2 is 1. The lowest BCUT2D eigenvalue weighted by Gasteiger charge is -2.05. The predicted octanol–water partition coefficient (Wildman–Crippen LogP) is 1.35. The molecule has 0 aliphatic carbocycles. The van der Waals surface area contributed by atoms with E-state index in [0.29, 0.717) is 5.92 Å². The second-order valence-corrected chi connectivity index (χ2v) is 2.25. The van der Waals surface area contributed by atoms with Gasteiger partial charge in [0.15, 0.2) is 0 Å². The Labute approximate surface area is 55.8 Å². The van der Waals surface area contributed by atoms with Crippen LogP contribution in [0.4, 0.5) is 0 Å². The third kappa shape index (κ3) is 5.43. The molecule has 1 unspecified atom stereocenters. The van der Waals surface area contributed by atoms with Gasteiger partial charge in [0.05, 0.1) is 0 Å². The van der Waals surface area contributed by atoms with Crippen LogP contribution in [0.15, 0.2) is 5.18 Å². The third-order valence-corrected chi connectivity index (χ3v) is 1.37. The summed E-state index contributed by atoms with van der Waals surface area (Å²) >= 11 is 0. The first kappa shape index (κ1) is 8.56. The summed E-state index contributed by atoms with van der Waals surface area (Å²) in [6, 6.07) is 0. The van der Waals surface area contributed by atoms with Crippen LogP contribution >= 0.6 is 0 Å². The normalized spacial score (nSPS) is 13.1. The maximum Gasteiger partial charge on any atom is 0.131 e. The van der Waals surface area contributed by atoms with E-state index in [1.54, 1.807) is 0 Å². The Morgan fingerprint density at radius 3 is 2.78 bits per heavy atom. The number of nitrogens with zero attached hydrogens (tertiary/aromatic N) is 1. The summed E-state index contributed by atoms with van der Waals surface area (Å²) in [5.74, 6) is 0.645. The molecule has 0 aliphatic rings. The highest BCUT2D eigenvalue weighted by Crippen LogP contribution is 1.96. The second kappa shape index (κ2) is 5.69. The van der Waals surface area contributed by atoms with Crippen LogP contribution in [-0.2, 0) is 0 Å². The van der Waals surface area contributed by atoms with Crippen LogP contribution in [0.5, 0.6) is 0 Å². The van der Waals surface area contributed by atoms with E-state index in [4.69, 9.17) is 0 Å². The van der Waals surface area contributed by atoms with Crippen LogP contribution in [-0.4, -0.2) is 13.2 Å². The minimum Gasteiger partial charge on any atom is -0.295 e. The molecule has 0 saturated heterocycles. The Morgan fingerprint density at radius 1 is 1.67 bits per heavy atom. The van der Waals surface area contributed by atoms with Crippen molar-refractivity contribution in [1.82, 2.24) is 5.32 Å². The molecule has 0 rings (SSSR count). The number of hydrogen-bond donors (Lipinski definition) is 1. The van der Waals surface area contributed by atoms with E-state index >= 15 is 0 Å². The van der Waals surface area contributed by atoms with E-state index < -0.39 is 0 Å². The molecule has 1 atom stereocenters. The lowest BCUT2D eigenvalue weighted by Crippen LogP contribution is -2.20. The average molecular weight is 130 g/mol. The highest BCUT2D eigenvalue weighted by molar-refractivity contribution is 4.52. The predicted molar refractivity (Wildman–Crippen MR) is 38.1 cm³/mol. The van der Waals surface area contributed by atoms with Crippen molar-refractivity contribution in [2.75, 3.05) is 13.2 Å². The minimum atomic E-state index is 0.240. The number of hydrogen-bond acceptors (Lipinski definition) is 3. The first-order valence-electron chi connectivity index (χ1n) is 3.31. The quantitative estimate of drug-likeness (QED) is 0.450. The van der Waals surface area contributed by atoms with E-state index in [9.17, 15) is 4.91 Å². The second-order valence-electron chi connectivity index (χ2n) is 2.25. The Hall–Kier alpha value is -0.440. The lowest BCUT2D eigenvalue weighted by molar-refractivity contribution is 0.506. The topological polar surface area (TPSA) is 41.5 Å². The van der Waals surface area contributed by atoms with Crippen LogP contribution < -0.4 is 5.32 Å². The van der Waals surface area contributed by atoms with Gasteiger partial charge >= 0.3 is 0 Å². The van der Waals surface area contributed by atoms with Gasteiger partial charge in [0.25, 0.3) is 0 Å². The van der Waals surface area contributed by atoms with Crippen LogP contribution in [0.25, 0.3) is 0 Å². The number of nitrogens with one attached hydrogen (secondary N) is 1. The van der Waals surface area contributed by atoms with Crippen molar-refractivity contribution >= 4 is 0 Å². The Morgan fingerprint density at radius 2 is 2.33 bits per heavy atom. The standard InChI is InChI=1S/C6H14N2O/c1-3-6(2)4-7-5-8-9/h6-7H,3-5H2,1-2H3. The van der Waals surface area contributed by atoms with E-state index in [-0.39, 0.29) is 6.67 Å². The zero-order valence-corrected chi connectivity index (χ0v) is 6.05. The van der Waals surface area contributed by atoms with Gasteiger partial charge in [-0.25, -0.2) is 0 Å². The van der Waals surface area contributed by atoms with Crippen molar-refractivity contribution in [2.45, 2.75) is 20.3 Å². The Bertz CT molecular complexity index is 75.5. The van der Waals surface area contributed by atoms with Gasteiger partial charge < -0.3 is 0 Å². The molecular formula is C6H14N2O. The highest BCUT2D eigenvalue weighted by Gasteiger charge is 1.95. The van der Waals surface area contributed by atoms with Crippen LogP contribution in [0.2, 0.25) is 0 Å². The molecule has 3 nitrogen and oxygen atoms in total. The van der Waals surface area contributed by atoms with Gasteiger partial charge in [0.1, 0.15) is 6.67 Å². The zero-order chi connectivity index (χ0) is 7.11. The molecule has 0 fully saturated rings. The van der Waals surface area contributed by atoms with E-state index in [0.717, 1.165) is 13.0 Å². The summed E-state index contributed by atoms with van der Waals surface area (Å²) in [6.07, 6.45) is 1.14. The van der Waals surface area contributed by atoms with E-state index in [2.05, 4.69) is 24.3 Å². The molecule has 0 spiro atoms. The molecule has 9 heavy (non-hydrogen) atoms. The maximum atomic E-state index is 9.56. The molecule has 0 amide bonds. The van der Waals surface area contributed by atoms with Gasteiger partial charge in [-0.1, -0.05) is 25.4 Å². The molecule has 0 aromatic carbocycles. The SMILES string of the molecule is CCC(C)CNCN=O. The molecule has 54 valence electrons. The monoisotopic (exact) mass is 130 g/mol. The largest absolute Gasteiger partial charge is 0.295 e. The summed E-state index contributed by atoms with van der Waals surface area (Å²) in [7, 11) is 0. The molecule has 0 aromatic rings. The van der Waals surface area contributed by atoms with Crippen molar-refractivity contribution < 1.29 is 0 Å². The summed E-state index contributed by atoms with van der Waals surface area (Å²) in [6.45, 7) is 5.39. The van der Waals surface area contributed by atoms with Crippen LogP contribution in [0, 0.1) is 10.8 Å². The highest BCUT2D eigenvalue weighted by atomic mass is 16.3. The first-order chi connectivity index (χ1) is 4.31. The zero-order valence-electron chi connectivity index (χ0n) is 6.05. The third-order valence-electron chi connectivity index (χ3n) is 1.37. The molecule has 0 radical (unpaired) electrons. The molecule has 0 saturated carbocycles.